The summed E-state index contributed by atoms with van der Waals surface area (Å²) in [6, 6.07) is 0. The van der Waals surface area contributed by atoms with Crippen molar-refractivity contribution in [2.75, 3.05) is 0 Å². The van der Waals surface area contributed by atoms with E-state index in [0.29, 0.717) is 0 Å². The third-order valence-corrected chi connectivity index (χ3v) is 0. The van der Waals surface area contributed by atoms with Gasteiger partial charge < -0.3 is 6.42 Å². The van der Waals surface area contributed by atoms with Gasteiger partial charge in [0.25, 0.3) is 0 Å². The molecule has 0 aliphatic rings. The molecule has 0 aromatic rings. The second-order valence-electron chi connectivity index (χ2n) is 0.577. The van der Waals surface area contributed by atoms with Gasteiger partial charge in [0.15, 0.2) is 0 Å². The predicted molar refractivity (Wildman–Crippen MR) is 15.6 cm³/mol. The van der Waals surface area contributed by atoms with E-state index in [0.717, 1.165) is 0 Å². The molecule has 0 spiro atoms. The van der Waals surface area contributed by atoms with Crippen molar-refractivity contribution in [1.29, 1.82) is 0 Å². The molecule has 0 amide bonds. The van der Waals surface area contributed by atoms with Crippen LogP contribution in [-0.4, -0.2) is 0 Å². The largest absolute Gasteiger partial charge is 0.335 e. The quantitative estimate of drug-likeness (QED) is 0.321. The molecule has 13 heavy (non-hydrogen) atoms. The Morgan fingerprint density at radius 1 is 0.385 bits per heavy atom. The fraction of sp³-hybridized carbons (Fsp3) is 0.667. The summed E-state index contributed by atoms with van der Waals surface area (Å²) in [4.78, 5) is 0. The van der Waals surface area contributed by atoms with Crippen molar-refractivity contribution in [3.63, 3.8) is 0 Å². The average Bonchev–Trinajstić information content (AvgIpc) is 0.918. The molecular weight excluding hydrogens is 925 g/mol. The van der Waals surface area contributed by atoms with Crippen LogP contribution in [0.2, 0.25) is 0 Å². The smallest absolute Gasteiger partial charge is 0 e. The van der Waals surface area contributed by atoms with Gasteiger partial charge >= 0.3 is 0 Å². The van der Waals surface area contributed by atoms with E-state index < -0.39 is 0 Å². The SMILES string of the molecule is C[CH-]C.[Y].[Y].[Y].[Y].[Y].[Y].[Y].[Y].[Y].[Y]. The summed E-state index contributed by atoms with van der Waals surface area (Å²) in [5.41, 5.74) is 0. The second-order valence-corrected chi connectivity index (χ2v) is 0.577. The van der Waals surface area contributed by atoms with E-state index in [4.69, 9.17) is 0 Å². The van der Waals surface area contributed by atoms with Gasteiger partial charge in [-0.2, -0.15) is 13.8 Å². The topological polar surface area (TPSA) is 0 Å². The minimum atomic E-state index is 0. The first-order valence-corrected chi connectivity index (χ1v) is 1.15. The molecule has 50 valence electrons. The predicted octanol–water partition coefficient (Wildman–Crippen LogP) is 1.21. The van der Waals surface area contributed by atoms with Gasteiger partial charge in [-0.15, -0.1) is 0 Å². The van der Waals surface area contributed by atoms with Crippen molar-refractivity contribution in [3.05, 3.63) is 6.42 Å². The fourth-order valence-electron chi connectivity index (χ4n) is 0. The van der Waals surface area contributed by atoms with Crippen molar-refractivity contribution in [3.8, 4) is 0 Å². The zero-order chi connectivity index (χ0) is 2.71. The summed E-state index contributed by atoms with van der Waals surface area (Å²) < 4.78 is 0. The molecule has 0 fully saturated rings. The van der Waals surface area contributed by atoms with Gasteiger partial charge in [-0.1, -0.05) is 0 Å². The Morgan fingerprint density at radius 3 is 0.385 bits per heavy atom. The minimum absolute atomic E-state index is 0. The van der Waals surface area contributed by atoms with E-state index >= 15 is 0 Å². The molecule has 0 nitrogen and oxygen atoms in total. The first-order valence-electron chi connectivity index (χ1n) is 1.15. The number of hydrogen-bond donors (Lipinski definition) is 0. The van der Waals surface area contributed by atoms with E-state index in [1.54, 1.807) is 0 Å². The molecule has 0 bridgehead atoms. The first-order chi connectivity index (χ1) is 1.41. The van der Waals surface area contributed by atoms with E-state index in [1.165, 1.54) is 0 Å². The van der Waals surface area contributed by atoms with Crippen LogP contribution in [0, 0.1) is 6.42 Å². The molecule has 0 aromatic heterocycles. The molecule has 10 radical (unpaired) electrons. The summed E-state index contributed by atoms with van der Waals surface area (Å²) in [5.74, 6) is 0. The van der Waals surface area contributed by atoms with E-state index in [1.807, 2.05) is 20.3 Å². The molecule has 0 saturated carbocycles. The van der Waals surface area contributed by atoms with Crippen LogP contribution >= 0.6 is 0 Å². The van der Waals surface area contributed by atoms with E-state index in [-0.39, 0.29) is 327 Å². The van der Waals surface area contributed by atoms with Crippen LogP contribution in [0.15, 0.2) is 0 Å². The molecule has 0 saturated heterocycles. The van der Waals surface area contributed by atoms with Crippen molar-refractivity contribution < 1.29 is 327 Å². The Hall–Kier alpha value is 11.0. The molecular formula is C3H7Y10-. The maximum absolute atomic E-state index is 2.00. The van der Waals surface area contributed by atoms with E-state index in [9.17, 15) is 0 Å². The molecule has 0 aliphatic carbocycles. The molecule has 10 heteroatoms. The van der Waals surface area contributed by atoms with Gasteiger partial charge in [0.05, 0.1) is 0 Å². The minimum Gasteiger partial charge on any atom is -0.335 e. The monoisotopic (exact) mass is 932 g/mol. The fourth-order valence-corrected chi connectivity index (χ4v) is 0. The van der Waals surface area contributed by atoms with Gasteiger partial charge in [0.2, 0.25) is 0 Å². The van der Waals surface area contributed by atoms with Crippen molar-refractivity contribution in [2.24, 2.45) is 0 Å². The number of hydrogen-bond acceptors (Lipinski definition) is 0. The third kappa shape index (κ3) is 83.7. The Labute approximate surface area is 335 Å². The van der Waals surface area contributed by atoms with Gasteiger partial charge in [0.1, 0.15) is 0 Å². The first kappa shape index (κ1) is 75.1. The summed E-state index contributed by atoms with van der Waals surface area (Å²) in [6.45, 7) is 4.00. The molecule has 0 N–H and O–H groups in total. The Morgan fingerprint density at radius 2 is 0.385 bits per heavy atom. The van der Waals surface area contributed by atoms with Gasteiger partial charge in [0, 0.05) is 327 Å². The van der Waals surface area contributed by atoms with Crippen LogP contribution in [0.5, 0.6) is 0 Å². The van der Waals surface area contributed by atoms with Crippen LogP contribution in [-0.2, 0) is 327 Å². The summed E-state index contributed by atoms with van der Waals surface area (Å²) >= 11 is 0. The van der Waals surface area contributed by atoms with Crippen molar-refractivity contribution in [1.82, 2.24) is 0 Å². The van der Waals surface area contributed by atoms with Crippen LogP contribution in [0.25, 0.3) is 0 Å². The summed E-state index contributed by atoms with van der Waals surface area (Å²) in [6.07, 6.45) is 2.00. The average molecular weight is 932 g/mol. The second kappa shape index (κ2) is 77.2. The van der Waals surface area contributed by atoms with E-state index in [2.05, 4.69) is 0 Å². The molecule has 0 aromatic carbocycles. The van der Waals surface area contributed by atoms with Gasteiger partial charge in [-0.3, -0.25) is 0 Å². The standard InChI is InChI=1S/C3H7.10Y/c1-3-2;;;;;;;;;;/h3H,1-2H3;;;;;;;;;;/q-1;;;;;;;;;;. The van der Waals surface area contributed by atoms with Gasteiger partial charge in [-0.05, 0) is 0 Å². The molecule has 0 atom stereocenters. The molecule has 0 aliphatic heterocycles. The zero-order valence-electron chi connectivity index (χ0n) is 8.35. The molecule has 0 heterocycles. The molecule has 0 unspecified atom stereocenters. The van der Waals surface area contributed by atoms with Crippen LogP contribution < -0.4 is 0 Å². The maximum Gasteiger partial charge on any atom is 0 e. The summed E-state index contributed by atoms with van der Waals surface area (Å²) in [7, 11) is 0. The Kier molecular flexibility index (Phi) is 446. The van der Waals surface area contributed by atoms with Crippen molar-refractivity contribution in [2.45, 2.75) is 13.8 Å². The van der Waals surface area contributed by atoms with Crippen LogP contribution in [0.1, 0.15) is 13.8 Å². The Balaban J connectivity index is -0.000000000444. The third-order valence-electron chi connectivity index (χ3n) is 0. The van der Waals surface area contributed by atoms with Crippen LogP contribution in [0.4, 0.5) is 0 Å². The maximum atomic E-state index is 2.00. The Bertz CT molecular complexity index is 10.1. The normalized spacial score (nSPS) is 1.38. The van der Waals surface area contributed by atoms with Crippen molar-refractivity contribution >= 4 is 0 Å². The number of rotatable bonds is 0. The zero-order valence-corrected chi connectivity index (χ0v) is 36.7. The van der Waals surface area contributed by atoms with Gasteiger partial charge in [-0.25, -0.2) is 0 Å². The molecule has 0 rings (SSSR count). The summed E-state index contributed by atoms with van der Waals surface area (Å²) in [5, 5.41) is 0. The van der Waals surface area contributed by atoms with Crippen LogP contribution in [0.3, 0.4) is 0 Å².